The van der Waals surface area contributed by atoms with Crippen molar-refractivity contribution >= 4 is 11.9 Å². The third-order valence-corrected chi connectivity index (χ3v) is 1.97. The molecule has 0 aromatic heterocycles. The van der Waals surface area contributed by atoms with Crippen molar-refractivity contribution in [3.05, 3.63) is 0 Å². The average Bonchev–Trinajstić information content (AvgIpc) is 2.15. The van der Waals surface area contributed by atoms with Crippen LogP contribution < -0.4 is 11.1 Å². The maximum Gasteiger partial charge on any atom is 0.320 e. The Morgan fingerprint density at radius 3 is 2.40 bits per heavy atom. The van der Waals surface area contributed by atoms with E-state index in [1.54, 1.807) is 0 Å². The van der Waals surface area contributed by atoms with Crippen molar-refractivity contribution in [2.75, 3.05) is 13.1 Å². The van der Waals surface area contributed by atoms with Crippen LogP contribution in [-0.4, -0.2) is 41.3 Å². The first kappa shape index (κ1) is 13.9. The summed E-state index contributed by atoms with van der Waals surface area (Å²) in [5.41, 5.74) is 5.29. The summed E-state index contributed by atoms with van der Waals surface area (Å²) in [5.74, 6) is -1.88. The second-order valence-corrected chi connectivity index (χ2v) is 3.27. The molecule has 5 N–H and O–H groups in total. The number of rotatable bonds is 9. The van der Waals surface area contributed by atoms with E-state index >= 15 is 0 Å². The van der Waals surface area contributed by atoms with Gasteiger partial charge in [-0.2, -0.15) is 0 Å². The third kappa shape index (κ3) is 7.90. The molecule has 0 amide bonds. The number of carboxylic acids is 2. The Morgan fingerprint density at radius 1 is 1.27 bits per heavy atom. The van der Waals surface area contributed by atoms with E-state index in [4.69, 9.17) is 15.9 Å². The Hall–Kier alpha value is -1.14. The van der Waals surface area contributed by atoms with Crippen molar-refractivity contribution in [3.8, 4) is 0 Å². The van der Waals surface area contributed by atoms with Crippen LogP contribution >= 0.6 is 0 Å². The molecule has 0 saturated carbocycles. The van der Waals surface area contributed by atoms with Gasteiger partial charge in [-0.05, 0) is 19.4 Å². The highest BCUT2D eigenvalue weighted by atomic mass is 16.4. The molecule has 0 aliphatic carbocycles. The van der Waals surface area contributed by atoms with Gasteiger partial charge in [0, 0.05) is 6.54 Å². The summed E-state index contributed by atoms with van der Waals surface area (Å²) in [7, 11) is 0. The van der Waals surface area contributed by atoms with E-state index in [2.05, 4.69) is 5.32 Å². The lowest BCUT2D eigenvalue weighted by molar-refractivity contribution is -0.141. The Morgan fingerprint density at radius 2 is 1.93 bits per heavy atom. The van der Waals surface area contributed by atoms with Crippen LogP contribution in [0.3, 0.4) is 0 Å². The van der Waals surface area contributed by atoms with E-state index in [0.717, 1.165) is 12.8 Å². The van der Waals surface area contributed by atoms with Crippen LogP contribution in [0.5, 0.6) is 0 Å². The average molecular weight is 218 g/mol. The number of hydrogen-bond donors (Lipinski definition) is 4. The molecule has 6 heteroatoms. The Kier molecular flexibility index (Phi) is 7.57. The van der Waals surface area contributed by atoms with Gasteiger partial charge in [0.25, 0.3) is 0 Å². The largest absolute Gasteiger partial charge is 0.481 e. The maximum atomic E-state index is 10.7. The van der Waals surface area contributed by atoms with E-state index in [1.807, 2.05) is 0 Å². The summed E-state index contributed by atoms with van der Waals surface area (Å²) < 4.78 is 0. The second kappa shape index (κ2) is 8.19. The van der Waals surface area contributed by atoms with Crippen LogP contribution in [0.4, 0.5) is 0 Å². The lowest BCUT2D eigenvalue weighted by Gasteiger charge is -2.13. The zero-order valence-electron chi connectivity index (χ0n) is 8.61. The molecular formula is C9H18N2O4. The minimum absolute atomic E-state index is 0.0688. The van der Waals surface area contributed by atoms with Gasteiger partial charge < -0.3 is 21.3 Å². The van der Waals surface area contributed by atoms with Gasteiger partial charge in [0.1, 0.15) is 6.04 Å². The molecule has 0 aliphatic heterocycles. The molecule has 0 bridgehead atoms. The van der Waals surface area contributed by atoms with Gasteiger partial charge in [0.05, 0.1) is 6.42 Å². The lowest BCUT2D eigenvalue weighted by Crippen LogP contribution is -2.37. The zero-order valence-corrected chi connectivity index (χ0v) is 8.61. The SMILES string of the molecule is NCCCC[C@H](NCCC(=O)O)C(=O)O. The molecule has 88 valence electrons. The molecule has 0 aromatic rings. The van der Waals surface area contributed by atoms with Crippen LogP contribution in [0.1, 0.15) is 25.7 Å². The fourth-order valence-corrected chi connectivity index (χ4v) is 1.16. The molecule has 0 unspecified atom stereocenters. The first-order chi connectivity index (χ1) is 7.07. The standard InChI is InChI=1S/C9H18N2O4/c10-5-2-1-3-7(9(14)15)11-6-4-8(12)13/h7,11H,1-6,10H2,(H,12,13)(H,14,15)/t7-/m0/s1. The summed E-state index contributed by atoms with van der Waals surface area (Å²) in [6.45, 7) is 0.719. The summed E-state index contributed by atoms with van der Waals surface area (Å²) in [5, 5.41) is 19.9. The monoisotopic (exact) mass is 218 g/mol. The predicted octanol–water partition coefficient (Wildman–Crippen LogP) is -0.367. The smallest absolute Gasteiger partial charge is 0.320 e. The van der Waals surface area contributed by atoms with E-state index in [0.29, 0.717) is 13.0 Å². The fourth-order valence-electron chi connectivity index (χ4n) is 1.16. The summed E-state index contributed by atoms with van der Waals surface area (Å²) in [6.07, 6.45) is 1.92. The normalized spacial score (nSPS) is 12.3. The predicted molar refractivity (Wildman–Crippen MR) is 54.6 cm³/mol. The Labute approximate surface area is 88.5 Å². The molecule has 0 aliphatic rings. The molecule has 0 radical (unpaired) electrons. The first-order valence-corrected chi connectivity index (χ1v) is 4.96. The third-order valence-electron chi connectivity index (χ3n) is 1.97. The van der Waals surface area contributed by atoms with Crippen molar-refractivity contribution in [3.63, 3.8) is 0 Å². The highest BCUT2D eigenvalue weighted by molar-refractivity contribution is 5.73. The Balaban J connectivity index is 3.73. The number of unbranched alkanes of at least 4 members (excludes halogenated alkanes) is 1. The van der Waals surface area contributed by atoms with Crippen molar-refractivity contribution in [2.45, 2.75) is 31.7 Å². The highest BCUT2D eigenvalue weighted by Gasteiger charge is 2.15. The number of carboxylic acid groups (broad SMARTS) is 2. The van der Waals surface area contributed by atoms with E-state index in [1.165, 1.54) is 0 Å². The molecule has 0 saturated heterocycles. The van der Waals surface area contributed by atoms with Gasteiger partial charge in [0.2, 0.25) is 0 Å². The van der Waals surface area contributed by atoms with Crippen molar-refractivity contribution in [1.82, 2.24) is 5.32 Å². The van der Waals surface area contributed by atoms with Crippen molar-refractivity contribution in [1.29, 1.82) is 0 Å². The zero-order chi connectivity index (χ0) is 11.7. The van der Waals surface area contributed by atoms with Crippen LogP contribution in [0.25, 0.3) is 0 Å². The first-order valence-electron chi connectivity index (χ1n) is 4.96. The molecule has 0 rings (SSSR count). The summed E-state index contributed by atoms with van der Waals surface area (Å²) >= 11 is 0. The fraction of sp³-hybridized carbons (Fsp3) is 0.778. The van der Waals surface area contributed by atoms with Crippen molar-refractivity contribution < 1.29 is 19.8 Å². The van der Waals surface area contributed by atoms with Gasteiger partial charge >= 0.3 is 11.9 Å². The molecule has 0 heterocycles. The number of carbonyl (C=O) groups is 2. The van der Waals surface area contributed by atoms with Gasteiger partial charge in [-0.3, -0.25) is 9.59 Å². The second-order valence-electron chi connectivity index (χ2n) is 3.27. The quantitative estimate of drug-likeness (QED) is 0.393. The van der Waals surface area contributed by atoms with Gasteiger partial charge in [0.15, 0.2) is 0 Å². The number of nitrogens with one attached hydrogen (secondary N) is 1. The van der Waals surface area contributed by atoms with Crippen LogP contribution in [-0.2, 0) is 9.59 Å². The number of hydrogen-bond acceptors (Lipinski definition) is 4. The van der Waals surface area contributed by atoms with Crippen LogP contribution in [0.2, 0.25) is 0 Å². The number of aliphatic carboxylic acids is 2. The highest BCUT2D eigenvalue weighted by Crippen LogP contribution is 2.00. The molecule has 0 aromatic carbocycles. The van der Waals surface area contributed by atoms with Gasteiger partial charge in [-0.15, -0.1) is 0 Å². The van der Waals surface area contributed by atoms with Crippen LogP contribution in [0.15, 0.2) is 0 Å². The van der Waals surface area contributed by atoms with E-state index in [9.17, 15) is 9.59 Å². The summed E-state index contributed by atoms with van der Waals surface area (Å²) in [6, 6.07) is -0.670. The van der Waals surface area contributed by atoms with Gasteiger partial charge in [-0.1, -0.05) is 6.42 Å². The molecular weight excluding hydrogens is 200 g/mol. The van der Waals surface area contributed by atoms with E-state index in [-0.39, 0.29) is 13.0 Å². The molecule has 1 atom stereocenters. The van der Waals surface area contributed by atoms with Crippen LogP contribution in [0, 0.1) is 0 Å². The molecule has 0 fully saturated rings. The molecule has 15 heavy (non-hydrogen) atoms. The molecule has 6 nitrogen and oxygen atoms in total. The van der Waals surface area contributed by atoms with E-state index < -0.39 is 18.0 Å². The Bertz CT molecular complexity index is 208. The topological polar surface area (TPSA) is 113 Å². The number of nitrogens with two attached hydrogens (primary N) is 1. The summed E-state index contributed by atoms with van der Waals surface area (Å²) in [4.78, 5) is 20.9. The minimum atomic E-state index is -0.947. The minimum Gasteiger partial charge on any atom is -0.481 e. The molecule has 0 spiro atoms. The lowest BCUT2D eigenvalue weighted by atomic mass is 10.1. The van der Waals surface area contributed by atoms with Crippen molar-refractivity contribution in [2.24, 2.45) is 5.73 Å². The van der Waals surface area contributed by atoms with Gasteiger partial charge in [-0.25, -0.2) is 0 Å². The maximum absolute atomic E-state index is 10.7.